The molecule has 2 aliphatic heterocycles. The summed E-state index contributed by atoms with van der Waals surface area (Å²) < 4.78 is 5.02. The van der Waals surface area contributed by atoms with Gasteiger partial charge in [0.2, 0.25) is 11.8 Å². The normalized spacial score (nSPS) is 23.8. The predicted molar refractivity (Wildman–Crippen MR) is 116 cm³/mol. The zero-order valence-corrected chi connectivity index (χ0v) is 18.1. The summed E-state index contributed by atoms with van der Waals surface area (Å²) in [6, 6.07) is 4.43. The molecule has 3 aliphatic rings. The lowest BCUT2D eigenvalue weighted by molar-refractivity contribution is -0.383. The zero-order chi connectivity index (χ0) is 22.8. The van der Waals surface area contributed by atoms with Crippen LogP contribution in [0.3, 0.4) is 0 Å². The molecule has 172 valence electrons. The highest BCUT2D eigenvalue weighted by Gasteiger charge is 2.49. The second kappa shape index (κ2) is 9.13. The molecule has 4 rings (SSSR count). The Morgan fingerprint density at radius 2 is 1.75 bits per heavy atom. The molecule has 0 spiro atoms. The molecule has 3 fully saturated rings. The van der Waals surface area contributed by atoms with E-state index < -0.39 is 4.92 Å². The van der Waals surface area contributed by atoms with Crippen molar-refractivity contribution in [3.8, 4) is 0 Å². The topological polar surface area (TPSA) is 122 Å². The minimum atomic E-state index is -0.502. The molecule has 32 heavy (non-hydrogen) atoms. The van der Waals surface area contributed by atoms with Gasteiger partial charge in [-0.15, -0.1) is 0 Å². The first-order valence-corrected chi connectivity index (χ1v) is 11.2. The standard InChI is InChI=1S/C22H28N4O6/c1-2-32-22(29)24-11-9-14(10-12-24)23-18-8-7-15(13-19(18)26(30)31)25-20(27)16-5-3-4-6-17(16)21(25)28/h7-8,13-14,16-17,23H,2-6,9-12H2,1H3/t16-,17-/m1/s1. The van der Waals surface area contributed by atoms with Crippen LogP contribution in [0.25, 0.3) is 0 Å². The molecule has 0 unspecified atom stereocenters. The Kier molecular flexibility index (Phi) is 6.29. The first kappa shape index (κ1) is 22.0. The number of anilines is 2. The van der Waals surface area contributed by atoms with Crippen molar-refractivity contribution >= 4 is 35.0 Å². The van der Waals surface area contributed by atoms with Crippen LogP contribution >= 0.6 is 0 Å². The number of nitro benzene ring substituents is 1. The summed E-state index contributed by atoms with van der Waals surface area (Å²) in [5.41, 5.74) is 0.416. The molecule has 1 aromatic carbocycles. The third-order valence-corrected chi connectivity index (χ3v) is 6.66. The monoisotopic (exact) mass is 444 g/mol. The number of benzene rings is 1. The Bertz CT molecular complexity index is 903. The van der Waals surface area contributed by atoms with Gasteiger partial charge in [-0.05, 0) is 44.7 Å². The van der Waals surface area contributed by atoms with Crippen molar-refractivity contribution in [3.05, 3.63) is 28.3 Å². The molecule has 0 aromatic heterocycles. The smallest absolute Gasteiger partial charge is 0.409 e. The van der Waals surface area contributed by atoms with Gasteiger partial charge in [-0.2, -0.15) is 0 Å². The maximum absolute atomic E-state index is 12.8. The lowest BCUT2D eigenvalue weighted by atomic mass is 9.81. The van der Waals surface area contributed by atoms with E-state index in [-0.39, 0.29) is 47.2 Å². The van der Waals surface area contributed by atoms with Crippen molar-refractivity contribution in [2.24, 2.45) is 11.8 Å². The van der Waals surface area contributed by atoms with E-state index in [0.29, 0.717) is 51.1 Å². The molecule has 2 atom stereocenters. The maximum atomic E-state index is 12.8. The number of likely N-dealkylation sites (tertiary alicyclic amines) is 1. The lowest BCUT2D eigenvalue weighted by Crippen LogP contribution is -2.42. The average molecular weight is 444 g/mol. The molecule has 1 aliphatic carbocycles. The minimum absolute atomic E-state index is 0.0388. The molecule has 0 radical (unpaired) electrons. The Hall–Kier alpha value is -3.17. The van der Waals surface area contributed by atoms with Crippen LogP contribution in [0.15, 0.2) is 18.2 Å². The molecule has 10 nitrogen and oxygen atoms in total. The fraction of sp³-hybridized carbons (Fsp3) is 0.591. The Balaban J connectivity index is 1.48. The largest absolute Gasteiger partial charge is 0.450 e. The van der Waals surface area contributed by atoms with Gasteiger partial charge in [0.25, 0.3) is 5.69 Å². The highest BCUT2D eigenvalue weighted by atomic mass is 16.6. The van der Waals surface area contributed by atoms with Crippen molar-refractivity contribution in [3.63, 3.8) is 0 Å². The second-order valence-electron chi connectivity index (χ2n) is 8.57. The van der Waals surface area contributed by atoms with Crippen LogP contribution in [0.5, 0.6) is 0 Å². The van der Waals surface area contributed by atoms with E-state index in [9.17, 15) is 24.5 Å². The van der Waals surface area contributed by atoms with E-state index in [4.69, 9.17) is 4.74 Å². The van der Waals surface area contributed by atoms with Gasteiger partial charge < -0.3 is 15.0 Å². The molecule has 1 aromatic rings. The molecular formula is C22H28N4O6. The van der Waals surface area contributed by atoms with Crippen LogP contribution in [0.2, 0.25) is 0 Å². The number of nitrogens with zero attached hydrogens (tertiary/aromatic N) is 3. The zero-order valence-electron chi connectivity index (χ0n) is 18.1. The van der Waals surface area contributed by atoms with Crippen molar-refractivity contribution in [1.82, 2.24) is 4.90 Å². The number of fused-ring (bicyclic) bond motifs is 1. The number of amides is 3. The summed E-state index contributed by atoms with van der Waals surface area (Å²) >= 11 is 0. The van der Waals surface area contributed by atoms with Crippen LogP contribution in [0.4, 0.5) is 21.9 Å². The number of rotatable bonds is 5. The Morgan fingerprint density at radius 1 is 1.12 bits per heavy atom. The number of hydrogen-bond donors (Lipinski definition) is 1. The summed E-state index contributed by atoms with van der Waals surface area (Å²) in [4.78, 5) is 51.6. The average Bonchev–Trinajstić information content (AvgIpc) is 3.05. The van der Waals surface area contributed by atoms with Crippen LogP contribution in [-0.2, 0) is 14.3 Å². The SMILES string of the molecule is CCOC(=O)N1CCC(Nc2ccc(N3C(=O)[C@@H]4CCCC[C@H]4C3=O)cc2[N+](=O)[O-])CC1. The Morgan fingerprint density at radius 3 is 2.31 bits per heavy atom. The minimum Gasteiger partial charge on any atom is -0.450 e. The number of ether oxygens (including phenoxy) is 1. The molecule has 3 amide bonds. The maximum Gasteiger partial charge on any atom is 0.409 e. The number of carbonyl (C=O) groups is 3. The second-order valence-corrected chi connectivity index (χ2v) is 8.57. The number of nitrogens with one attached hydrogen (secondary N) is 1. The number of hydrogen-bond acceptors (Lipinski definition) is 7. The number of imide groups is 1. The lowest BCUT2D eigenvalue weighted by Gasteiger charge is -2.32. The predicted octanol–water partition coefficient (Wildman–Crippen LogP) is 3.31. The summed E-state index contributed by atoms with van der Waals surface area (Å²) in [6.45, 7) is 3.08. The van der Waals surface area contributed by atoms with Gasteiger partial charge >= 0.3 is 6.09 Å². The molecule has 2 saturated heterocycles. The van der Waals surface area contributed by atoms with Crippen molar-refractivity contribution in [2.75, 3.05) is 29.9 Å². The van der Waals surface area contributed by atoms with Crippen molar-refractivity contribution in [1.29, 1.82) is 0 Å². The summed E-state index contributed by atoms with van der Waals surface area (Å²) in [5, 5.41) is 15.0. The van der Waals surface area contributed by atoms with Crippen molar-refractivity contribution in [2.45, 2.75) is 51.5 Å². The number of piperidine rings is 1. The van der Waals surface area contributed by atoms with Gasteiger partial charge in [0, 0.05) is 25.2 Å². The van der Waals surface area contributed by atoms with Crippen LogP contribution < -0.4 is 10.2 Å². The van der Waals surface area contributed by atoms with Gasteiger partial charge in [0.05, 0.1) is 29.1 Å². The van der Waals surface area contributed by atoms with Crippen LogP contribution in [0.1, 0.15) is 45.4 Å². The molecule has 0 bridgehead atoms. The van der Waals surface area contributed by atoms with Gasteiger partial charge in [-0.1, -0.05) is 12.8 Å². The third kappa shape index (κ3) is 4.13. The van der Waals surface area contributed by atoms with Gasteiger partial charge in [0.15, 0.2) is 0 Å². The molecular weight excluding hydrogens is 416 g/mol. The summed E-state index contributed by atoms with van der Waals surface area (Å²) in [6.07, 6.45) is 4.14. The Labute approximate surface area is 186 Å². The van der Waals surface area contributed by atoms with E-state index in [1.807, 2.05) is 0 Å². The number of nitro groups is 1. The first-order valence-electron chi connectivity index (χ1n) is 11.2. The molecule has 1 saturated carbocycles. The van der Waals surface area contributed by atoms with E-state index in [2.05, 4.69) is 5.32 Å². The third-order valence-electron chi connectivity index (χ3n) is 6.66. The quantitative estimate of drug-likeness (QED) is 0.420. The number of carbonyl (C=O) groups excluding carboxylic acids is 3. The highest BCUT2D eigenvalue weighted by molar-refractivity contribution is 6.22. The van der Waals surface area contributed by atoms with Gasteiger partial charge in [0.1, 0.15) is 5.69 Å². The molecule has 10 heteroatoms. The first-order chi connectivity index (χ1) is 15.4. The summed E-state index contributed by atoms with van der Waals surface area (Å²) in [7, 11) is 0. The van der Waals surface area contributed by atoms with E-state index in [0.717, 1.165) is 17.7 Å². The summed E-state index contributed by atoms with van der Waals surface area (Å²) in [5.74, 6) is -1.11. The fourth-order valence-corrected chi connectivity index (χ4v) is 4.99. The molecule has 1 N–H and O–H groups in total. The van der Waals surface area contributed by atoms with Crippen molar-refractivity contribution < 1.29 is 24.0 Å². The van der Waals surface area contributed by atoms with Crippen LogP contribution in [0, 0.1) is 22.0 Å². The molecule has 2 heterocycles. The van der Waals surface area contributed by atoms with Gasteiger partial charge in [-0.25, -0.2) is 9.69 Å². The van der Waals surface area contributed by atoms with Crippen LogP contribution in [-0.4, -0.2) is 53.5 Å². The highest BCUT2D eigenvalue weighted by Crippen LogP contribution is 2.41. The van der Waals surface area contributed by atoms with E-state index in [1.54, 1.807) is 24.0 Å². The van der Waals surface area contributed by atoms with E-state index in [1.165, 1.54) is 6.07 Å². The van der Waals surface area contributed by atoms with E-state index >= 15 is 0 Å². The van der Waals surface area contributed by atoms with Gasteiger partial charge in [-0.3, -0.25) is 19.7 Å². The fourth-order valence-electron chi connectivity index (χ4n) is 4.99.